The molecular weight excluding hydrogens is 520 g/mol. The molecule has 0 bridgehead atoms. The Bertz CT molecular complexity index is 1680. The summed E-state index contributed by atoms with van der Waals surface area (Å²) in [7, 11) is 1.72. The van der Waals surface area contributed by atoms with Crippen molar-refractivity contribution in [3.05, 3.63) is 94.7 Å². The number of fused-ring (bicyclic) bond motifs is 3. The summed E-state index contributed by atoms with van der Waals surface area (Å²) < 4.78 is 13.5. The molecule has 0 unspecified atom stereocenters. The van der Waals surface area contributed by atoms with Crippen LogP contribution in [0.2, 0.25) is 0 Å². The molecule has 3 aliphatic heterocycles. The highest BCUT2D eigenvalue weighted by Gasteiger charge is 2.31. The van der Waals surface area contributed by atoms with Crippen LogP contribution in [0.25, 0.3) is 11.3 Å². The summed E-state index contributed by atoms with van der Waals surface area (Å²) in [5, 5.41) is 13.1. The van der Waals surface area contributed by atoms with E-state index in [1.165, 1.54) is 5.56 Å². The summed E-state index contributed by atoms with van der Waals surface area (Å²) in [5.41, 5.74) is 6.56. The fourth-order valence-corrected chi connectivity index (χ4v) is 5.99. The SMILES string of the molecule is CN(C(=O)c1cc(-c2cc3c(cc2C(=O)N2CCc4ccccc4C2)OCO3)n2c1CNCC2)c1ccc(O)cc1. The number of aromatic nitrogens is 1. The van der Waals surface area contributed by atoms with Crippen LogP contribution in [0.5, 0.6) is 17.2 Å². The summed E-state index contributed by atoms with van der Waals surface area (Å²) in [6.45, 7) is 3.19. The molecule has 208 valence electrons. The fraction of sp³-hybridized carbons (Fsp3) is 0.250. The van der Waals surface area contributed by atoms with Crippen molar-refractivity contribution in [2.45, 2.75) is 26.1 Å². The van der Waals surface area contributed by atoms with E-state index in [4.69, 9.17) is 9.47 Å². The molecule has 0 saturated carbocycles. The van der Waals surface area contributed by atoms with Crippen LogP contribution in [0.3, 0.4) is 0 Å². The first-order chi connectivity index (χ1) is 20.0. The molecule has 0 spiro atoms. The molecule has 3 aliphatic rings. The van der Waals surface area contributed by atoms with Gasteiger partial charge in [0.15, 0.2) is 11.5 Å². The van der Waals surface area contributed by atoms with Crippen LogP contribution in [-0.2, 0) is 26.1 Å². The zero-order valence-electron chi connectivity index (χ0n) is 22.7. The quantitative estimate of drug-likeness (QED) is 0.396. The summed E-state index contributed by atoms with van der Waals surface area (Å²) >= 11 is 0. The number of aromatic hydroxyl groups is 1. The molecule has 0 fully saturated rings. The summed E-state index contributed by atoms with van der Waals surface area (Å²) in [6.07, 6.45) is 0.802. The van der Waals surface area contributed by atoms with E-state index >= 15 is 0 Å². The van der Waals surface area contributed by atoms with Crippen LogP contribution >= 0.6 is 0 Å². The monoisotopic (exact) mass is 550 g/mol. The predicted octanol–water partition coefficient (Wildman–Crippen LogP) is 4.17. The second-order valence-corrected chi connectivity index (χ2v) is 10.6. The molecule has 1 aromatic heterocycles. The van der Waals surface area contributed by atoms with Gasteiger partial charge in [-0.05, 0) is 60.0 Å². The van der Waals surface area contributed by atoms with Crippen molar-refractivity contribution in [1.29, 1.82) is 0 Å². The maximum atomic E-state index is 14.1. The fourth-order valence-electron chi connectivity index (χ4n) is 5.99. The average Bonchev–Trinajstić information content (AvgIpc) is 3.64. The lowest BCUT2D eigenvalue weighted by Crippen LogP contribution is -2.36. The Morgan fingerprint density at radius 2 is 1.68 bits per heavy atom. The maximum absolute atomic E-state index is 14.1. The summed E-state index contributed by atoms with van der Waals surface area (Å²) in [6, 6.07) is 20.3. The van der Waals surface area contributed by atoms with E-state index in [9.17, 15) is 14.7 Å². The Morgan fingerprint density at radius 1 is 0.927 bits per heavy atom. The lowest BCUT2D eigenvalue weighted by molar-refractivity contribution is 0.0735. The Hall–Kier alpha value is -4.76. The topological polar surface area (TPSA) is 96.3 Å². The van der Waals surface area contributed by atoms with E-state index in [1.54, 1.807) is 42.3 Å². The molecule has 41 heavy (non-hydrogen) atoms. The average molecular weight is 551 g/mol. The number of phenols is 1. The van der Waals surface area contributed by atoms with Gasteiger partial charge in [-0.3, -0.25) is 9.59 Å². The summed E-state index contributed by atoms with van der Waals surface area (Å²) in [5.74, 6) is 1.02. The van der Waals surface area contributed by atoms with Crippen molar-refractivity contribution in [1.82, 2.24) is 14.8 Å². The normalized spacial score (nSPS) is 15.3. The predicted molar refractivity (Wildman–Crippen MR) is 153 cm³/mol. The summed E-state index contributed by atoms with van der Waals surface area (Å²) in [4.78, 5) is 31.4. The van der Waals surface area contributed by atoms with Crippen molar-refractivity contribution in [3.63, 3.8) is 0 Å². The number of benzene rings is 3. The Balaban J connectivity index is 1.31. The molecule has 0 atom stereocenters. The minimum absolute atomic E-state index is 0.0774. The van der Waals surface area contributed by atoms with Gasteiger partial charge in [-0.25, -0.2) is 0 Å². The molecule has 4 heterocycles. The molecular formula is C32H30N4O5. The highest BCUT2D eigenvalue weighted by atomic mass is 16.7. The molecule has 9 nitrogen and oxygen atoms in total. The Kier molecular flexibility index (Phi) is 6.16. The number of phenolic OH excluding ortho intramolecular Hbond substituents is 1. The number of carbonyl (C=O) groups is 2. The van der Waals surface area contributed by atoms with Crippen LogP contribution in [0.15, 0.2) is 66.7 Å². The number of rotatable bonds is 4. The van der Waals surface area contributed by atoms with E-state index in [2.05, 4.69) is 22.0 Å². The lowest BCUT2D eigenvalue weighted by atomic mass is 9.97. The standard InChI is InChI=1S/C32H30N4O5/c1-34(22-6-8-23(37)9-7-22)31(38)26-14-27(36-13-11-33-17-28(26)36)24-15-29-30(41-19-40-29)16-25(24)32(39)35-12-10-20-4-2-3-5-21(20)18-35/h2-9,14-16,33,37H,10-13,17-19H2,1H3. The number of amides is 2. The third-order valence-corrected chi connectivity index (χ3v) is 8.22. The molecule has 3 aromatic carbocycles. The van der Waals surface area contributed by atoms with Gasteiger partial charge in [0.1, 0.15) is 5.75 Å². The number of carbonyl (C=O) groups excluding carboxylic acids is 2. The largest absolute Gasteiger partial charge is 0.508 e. The smallest absolute Gasteiger partial charge is 0.259 e. The van der Waals surface area contributed by atoms with Crippen molar-refractivity contribution >= 4 is 17.5 Å². The van der Waals surface area contributed by atoms with E-state index in [1.807, 2.05) is 29.2 Å². The molecule has 0 saturated heterocycles. The van der Waals surface area contributed by atoms with Gasteiger partial charge in [0.05, 0.1) is 16.8 Å². The van der Waals surface area contributed by atoms with Crippen molar-refractivity contribution in [2.75, 3.05) is 31.8 Å². The van der Waals surface area contributed by atoms with Gasteiger partial charge in [-0.1, -0.05) is 24.3 Å². The van der Waals surface area contributed by atoms with E-state index in [0.29, 0.717) is 60.1 Å². The molecule has 4 aromatic rings. The van der Waals surface area contributed by atoms with Gasteiger partial charge in [-0.15, -0.1) is 0 Å². The third-order valence-electron chi connectivity index (χ3n) is 8.22. The van der Waals surface area contributed by atoms with Gasteiger partial charge >= 0.3 is 0 Å². The van der Waals surface area contributed by atoms with Gasteiger partial charge < -0.3 is 34.3 Å². The highest BCUT2D eigenvalue weighted by molar-refractivity contribution is 6.08. The first kappa shape index (κ1) is 25.2. The third kappa shape index (κ3) is 4.38. The van der Waals surface area contributed by atoms with Crippen LogP contribution in [-0.4, -0.2) is 53.3 Å². The van der Waals surface area contributed by atoms with Crippen LogP contribution in [0.1, 0.15) is 37.5 Å². The Labute approximate surface area is 237 Å². The second kappa shape index (κ2) is 10.0. The van der Waals surface area contributed by atoms with Gasteiger partial charge in [0.25, 0.3) is 11.8 Å². The first-order valence-corrected chi connectivity index (χ1v) is 13.8. The number of nitrogens with one attached hydrogen (secondary N) is 1. The van der Waals surface area contributed by atoms with Crippen molar-refractivity contribution in [2.24, 2.45) is 0 Å². The lowest BCUT2D eigenvalue weighted by Gasteiger charge is -2.30. The molecule has 2 amide bonds. The van der Waals surface area contributed by atoms with Crippen LogP contribution in [0, 0.1) is 0 Å². The minimum atomic E-state index is -0.171. The molecule has 9 heteroatoms. The molecule has 7 rings (SSSR count). The number of nitrogens with zero attached hydrogens (tertiary/aromatic N) is 3. The highest BCUT2D eigenvalue weighted by Crippen LogP contribution is 2.41. The maximum Gasteiger partial charge on any atom is 0.259 e. The minimum Gasteiger partial charge on any atom is -0.508 e. The van der Waals surface area contributed by atoms with E-state index in [0.717, 1.165) is 29.9 Å². The molecule has 0 aliphatic carbocycles. The van der Waals surface area contributed by atoms with Crippen LogP contribution in [0.4, 0.5) is 5.69 Å². The van der Waals surface area contributed by atoms with Crippen LogP contribution < -0.4 is 19.7 Å². The van der Waals surface area contributed by atoms with Gasteiger partial charge in [0, 0.05) is 56.7 Å². The first-order valence-electron chi connectivity index (χ1n) is 13.8. The van der Waals surface area contributed by atoms with E-state index < -0.39 is 0 Å². The van der Waals surface area contributed by atoms with Gasteiger partial charge in [0.2, 0.25) is 6.79 Å². The van der Waals surface area contributed by atoms with Crippen molar-refractivity contribution in [3.8, 4) is 28.5 Å². The number of anilines is 1. The van der Waals surface area contributed by atoms with E-state index in [-0.39, 0.29) is 24.4 Å². The zero-order chi connectivity index (χ0) is 28.1. The number of hydrogen-bond acceptors (Lipinski definition) is 6. The Morgan fingerprint density at radius 3 is 2.49 bits per heavy atom. The molecule has 0 radical (unpaired) electrons. The van der Waals surface area contributed by atoms with Crippen molar-refractivity contribution < 1.29 is 24.2 Å². The number of hydrogen-bond donors (Lipinski definition) is 2. The van der Waals surface area contributed by atoms with Gasteiger partial charge in [-0.2, -0.15) is 0 Å². The zero-order valence-corrected chi connectivity index (χ0v) is 22.7. The molecule has 2 N–H and O–H groups in total. The number of ether oxygens (including phenoxy) is 2. The second-order valence-electron chi connectivity index (χ2n) is 10.6.